The average molecular weight is 325 g/mol. The molecule has 0 radical (unpaired) electrons. The standard InChI is InChI=1S/C15H23N3O3S/c1-3-16-15(19)13(2)17-9-11-18(12-10-17)22(20,21)14-7-5-4-6-8-14/h4-8,13H,3,9-12H2,1-2H3,(H,16,19)/t13-/m0/s1. The summed E-state index contributed by atoms with van der Waals surface area (Å²) in [5, 5.41) is 2.80. The molecule has 7 heteroatoms. The number of hydrogen-bond donors (Lipinski definition) is 1. The van der Waals surface area contributed by atoms with E-state index in [9.17, 15) is 13.2 Å². The maximum atomic E-state index is 12.5. The van der Waals surface area contributed by atoms with E-state index in [0.29, 0.717) is 37.6 Å². The summed E-state index contributed by atoms with van der Waals surface area (Å²) < 4.78 is 26.5. The van der Waals surface area contributed by atoms with Gasteiger partial charge in [-0.05, 0) is 26.0 Å². The van der Waals surface area contributed by atoms with Gasteiger partial charge in [-0.15, -0.1) is 0 Å². The van der Waals surface area contributed by atoms with Gasteiger partial charge >= 0.3 is 0 Å². The van der Waals surface area contributed by atoms with Crippen molar-refractivity contribution in [2.45, 2.75) is 24.8 Å². The largest absolute Gasteiger partial charge is 0.355 e. The summed E-state index contributed by atoms with van der Waals surface area (Å²) in [5.74, 6) is -0.0122. The van der Waals surface area contributed by atoms with Gasteiger partial charge < -0.3 is 5.32 Å². The zero-order valence-electron chi connectivity index (χ0n) is 13.0. The van der Waals surface area contributed by atoms with Crippen LogP contribution in [0.25, 0.3) is 0 Å². The molecule has 1 aliphatic heterocycles. The molecule has 0 aromatic heterocycles. The van der Waals surface area contributed by atoms with Gasteiger partial charge in [0.1, 0.15) is 0 Å². The number of hydrogen-bond acceptors (Lipinski definition) is 4. The van der Waals surface area contributed by atoms with E-state index in [1.54, 1.807) is 30.3 Å². The molecule has 0 bridgehead atoms. The first-order chi connectivity index (χ1) is 10.5. The Bertz CT molecular complexity index is 596. The summed E-state index contributed by atoms with van der Waals surface area (Å²) in [7, 11) is -3.44. The Labute approximate surface area is 132 Å². The number of nitrogens with zero attached hydrogens (tertiary/aromatic N) is 2. The smallest absolute Gasteiger partial charge is 0.243 e. The van der Waals surface area contributed by atoms with Crippen LogP contribution in [0.15, 0.2) is 35.2 Å². The quantitative estimate of drug-likeness (QED) is 0.857. The fraction of sp³-hybridized carbons (Fsp3) is 0.533. The minimum atomic E-state index is -3.44. The van der Waals surface area contributed by atoms with Gasteiger partial charge in [0.05, 0.1) is 10.9 Å². The molecule has 22 heavy (non-hydrogen) atoms. The Morgan fingerprint density at radius 2 is 1.77 bits per heavy atom. The molecule has 122 valence electrons. The molecule has 1 N–H and O–H groups in total. The van der Waals surface area contributed by atoms with Crippen LogP contribution in [-0.2, 0) is 14.8 Å². The molecule has 0 aliphatic carbocycles. The molecule has 1 aliphatic rings. The van der Waals surface area contributed by atoms with Crippen molar-refractivity contribution in [1.82, 2.24) is 14.5 Å². The van der Waals surface area contributed by atoms with Gasteiger partial charge in [0.15, 0.2) is 0 Å². The summed E-state index contributed by atoms with van der Waals surface area (Å²) in [4.78, 5) is 14.2. The van der Waals surface area contributed by atoms with Crippen LogP contribution in [0.3, 0.4) is 0 Å². The maximum Gasteiger partial charge on any atom is 0.243 e. The van der Waals surface area contributed by atoms with Crippen LogP contribution in [0.5, 0.6) is 0 Å². The number of amides is 1. The lowest BCUT2D eigenvalue weighted by molar-refractivity contribution is -0.126. The molecule has 1 aromatic carbocycles. The van der Waals surface area contributed by atoms with E-state index in [0.717, 1.165) is 0 Å². The normalized spacial score (nSPS) is 18.8. The van der Waals surface area contributed by atoms with Gasteiger partial charge in [0.25, 0.3) is 0 Å². The molecule has 1 saturated heterocycles. The first-order valence-corrected chi connectivity index (χ1v) is 8.97. The zero-order chi connectivity index (χ0) is 16.2. The monoisotopic (exact) mass is 325 g/mol. The molecule has 0 unspecified atom stereocenters. The first kappa shape index (κ1) is 16.9. The van der Waals surface area contributed by atoms with Crippen LogP contribution in [0.1, 0.15) is 13.8 Å². The van der Waals surface area contributed by atoms with E-state index in [1.807, 2.05) is 18.7 Å². The van der Waals surface area contributed by atoms with E-state index in [2.05, 4.69) is 5.32 Å². The highest BCUT2D eigenvalue weighted by Crippen LogP contribution is 2.18. The van der Waals surface area contributed by atoms with Crippen molar-refractivity contribution in [3.8, 4) is 0 Å². The molecule has 1 fully saturated rings. The maximum absolute atomic E-state index is 12.5. The molecule has 1 atom stereocenters. The van der Waals surface area contributed by atoms with Crippen molar-refractivity contribution in [2.75, 3.05) is 32.7 Å². The van der Waals surface area contributed by atoms with Crippen molar-refractivity contribution < 1.29 is 13.2 Å². The van der Waals surface area contributed by atoms with Gasteiger partial charge in [-0.2, -0.15) is 4.31 Å². The van der Waals surface area contributed by atoms with Crippen LogP contribution in [0.2, 0.25) is 0 Å². The number of carbonyl (C=O) groups is 1. The highest BCUT2D eigenvalue weighted by molar-refractivity contribution is 7.89. The zero-order valence-corrected chi connectivity index (χ0v) is 13.8. The van der Waals surface area contributed by atoms with E-state index in [1.165, 1.54) is 4.31 Å². The lowest BCUT2D eigenvalue weighted by Gasteiger charge is -2.36. The highest BCUT2D eigenvalue weighted by atomic mass is 32.2. The van der Waals surface area contributed by atoms with E-state index < -0.39 is 10.0 Å². The number of benzene rings is 1. The Balaban J connectivity index is 1.99. The van der Waals surface area contributed by atoms with E-state index in [-0.39, 0.29) is 11.9 Å². The highest BCUT2D eigenvalue weighted by Gasteiger charge is 2.31. The Kier molecular flexibility index (Phi) is 5.55. The summed E-state index contributed by atoms with van der Waals surface area (Å²) in [5.41, 5.74) is 0. The fourth-order valence-electron chi connectivity index (χ4n) is 2.56. The van der Waals surface area contributed by atoms with Gasteiger partial charge in [-0.25, -0.2) is 8.42 Å². The number of sulfonamides is 1. The van der Waals surface area contributed by atoms with Crippen LogP contribution in [0.4, 0.5) is 0 Å². The summed E-state index contributed by atoms with van der Waals surface area (Å²) in [6, 6.07) is 8.23. The third-order valence-electron chi connectivity index (χ3n) is 3.93. The first-order valence-electron chi connectivity index (χ1n) is 7.53. The SMILES string of the molecule is CCNC(=O)[C@H](C)N1CCN(S(=O)(=O)c2ccccc2)CC1. The third kappa shape index (κ3) is 3.66. The Hall–Kier alpha value is -1.44. The molecular weight excluding hydrogens is 302 g/mol. The molecule has 0 saturated carbocycles. The lowest BCUT2D eigenvalue weighted by atomic mass is 10.2. The lowest BCUT2D eigenvalue weighted by Crippen LogP contribution is -2.54. The van der Waals surface area contributed by atoms with Gasteiger partial charge in [0.2, 0.25) is 15.9 Å². The fourth-order valence-corrected chi connectivity index (χ4v) is 4.00. The molecule has 6 nitrogen and oxygen atoms in total. The number of carbonyl (C=O) groups excluding carboxylic acids is 1. The predicted molar refractivity (Wildman–Crippen MR) is 84.9 cm³/mol. The van der Waals surface area contributed by atoms with Crippen molar-refractivity contribution >= 4 is 15.9 Å². The molecule has 0 spiro atoms. The number of likely N-dealkylation sites (N-methyl/N-ethyl adjacent to an activating group) is 1. The van der Waals surface area contributed by atoms with Crippen LogP contribution in [0, 0.1) is 0 Å². The van der Waals surface area contributed by atoms with Crippen LogP contribution in [-0.4, -0.2) is 62.3 Å². The second-order valence-electron chi connectivity index (χ2n) is 5.32. The molecule has 1 amide bonds. The molecular formula is C15H23N3O3S. The van der Waals surface area contributed by atoms with Gasteiger partial charge in [-0.3, -0.25) is 9.69 Å². The Morgan fingerprint density at radius 1 is 1.18 bits per heavy atom. The summed E-state index contributed by atoms with van der Waals surface area (Å²) >= 11 is 0. The second-order valence-corrected chi connectivity index (χ2v) is 7.26. The topological polar surface area (TPSA) is 69.7 Å². The van der Waals surface area contributed by atoms with Crippen molar-refractivity contribution in [3.63, 3.8) is 0 Å². The van der Waals surface area contributed by atoms with Crippen LogP contribution < -0.4 is 5.32 Å². The minimum Gasteiger partial charge on any atom is -0.355 e. The minimum absolute atomic E-state index is 0.0122. The number of piperazine rings is 1. The summed E-state index contributed by atoms with van der Waals surface area (Å²) in [6.45, 7) is 6.27. The molecule has 2 rings (SSSR count). The summed E-state index contributed by atoms with van der Waals surface area (Å²) in [6.07, 6.45) is 0. The second kappa shape index (κ2) is 7.21. The van der Waals surface area contributed by atoms with E-state index >= 15 is 0 Å². The van der Waals surface area contributed by atoms with Gasteiger partial charge in [-0.1, -0.05) is 18.2 Å². The number of rotatable bonds is 5. The van der Waals surface area contributed by atoms with E-state index in [4.69, 9.17) is 0 Å². The predicted octanol–water partition coefficient (Wildman–Crippen LogP) is 0.518. The molecule has 1 heterocycles. The molecule has 1 aromatic rings. The van der Waals surface area contributed by atoms with Crippen molar-refractivity contribution in [2.24, 2.45) is 0 Å². The number of nitrogens with one attached hydrogen (secondary N) is 1. The van der Waals surface area contributed by atoms with Crippen molar-refractivity contribution in [3.05, 3.63) is 30.3 Å². The van der Waals surface area contributed by atoms with Gasteiger partial charge in [0, 0.05) is 32.7 Å². The Morgan fingerprint density at radius 3 is 2.32 bits per heavy atom. The third-order valence-corrected chi connectivity index (χ3v) is 5.85. The van der Waals surface area contributed by atoms with Crippen LogP contribution >= 0.6 is 0 Å². The average Bonchev–Trinajstić information content (AvgIpc) is 2.55. The van der Waals surface area contributed by atoms with Crippen molar-refractivity contribution in [1.29, 1.82) is 0 Å².